The van der Waals surface area contributed by atoms with Crippen LogP contribution in [0.1, 0.15) is 25.5 Å². The third-order valence-electron chi connectivity index (χ3n) is 5.33. The van der Waals surface area contributed by atoms with Gasteiger partial charge in [-0.1, -0.05) is 67.3 Å². The SMILES string of the molecule is CC1(C)C(/C=C(\Cl)C(F)(F)F)C1[CH-]NC(C#N)c1cccc(Oc2ccccc2)c1.[Y].[Y]. The number of rotatable bonds is 7. The molecule has 0 aromatic heterocycles. The number of ether oxygens (including phenoxy) is 1. The smallest absolute Gasteiger partial charge is 0.426 e. The fourth-order valence-electron chi connectivity index (χ4n) is 3.40. The minimum absolute atomic E-state index is 0. The molecule has 0 amide bonds. The molecule has 3 nitrogen and oxygen atoms in total. The molecule has 3 unspecified atom stereocenters. The maximum Gasteiger partial charge on any atom is 0.426 e. The van der Waals surface area contributed by atoms with Crippen molar-refractivity contribution in [1.82, 2.24) is 5.32 Å². The fourth-order valence-corrected chi connectivity index (χ4v) is 3.53. The minimum Gasteiger partial charge on any atom is -0.457 e. The Balaban J connectivity index is 0.00000256. The van der Waals surface area contributed by atoms with Crippen LogP contribution >= 0.6 is 11.6 Å². The molecular formula is C23H21ClF3N2OY2-. The van der Waals surface area contributed by atoms with Gasteiger partial charge < -0.3 is 10.1 Å². The van der Waals surface area contributed by atoms with Gasteiger partial charge in [-0.2, -0.15) is 18.4 Å². The van der Waals surface area contributed by atoms with Gasteiger partial charge in [0.15, 0.2) is 0 Å². The van der Waals surface area contributed by atoms with Crippen LogP contribution in [0, 0.1) is 35.1 Å². The quantitative estimate of drug-likeness (QED) is 0.353. The first-order chi connectivity index (χ1) is 14.1. The Morgan fingerprint density at radius 3 is 2.38 bits per heavy atom. The fraction of sp³-hybridized carbons (Fsp3) is 0.304. The van der Waals surface area contributed by atoms with E-state index in [9.17, 15) is 18.4 Å². The van der Waals surface area contributed by atoms with Crippen LogP contribution in [0.25, 0.3) is 0 Å². The molecule has 2 radical (unpaired) electrons. The van der Waals surface area contributed by atoms with Crippen molar-refractivity contribution in [2.24, 2.45) is 17.3 Å². The molecule has 3 atom stereocenters. The zero-order valence-corrected chi connectivity index (χ0v) is 24.0. The van der Waals surface area contributed by atoms with E-state index < -0.39 is 17.3 Å². The van der Waals surface area contributed by atoms with Crippen LogP contribution in [-0.2, 0) is 65.4 Å². The van der Waals surface area contributed by atoms with Gasteiger partial charge in [-0.15, -0.1) is 5.92 Å². The number of nitriles is 1. The molecule has 2 aromatic rings. The predicted octanol–water partition coefficient (Wildman–Crippen LogP) is 6.75. The molecule has 0 aliphatic heterocycles. The number of para-hydroxylation sites is 1. The molecule has 2 aromatic carbocycles. The first kappa shape index (κ1) is 29.7. The molecule has 0 bridgehead atoms. The normalized spacial score (nSPS) is 20.2. The average Bonchev–Trinajstić information content (AvgIpc) is 3.21. The second kappa shape index (κ2) is 12.4. The van der Waals surface area contributed by atoms with Crippen molar-refractivity contribution in [1.29, 1.82) is 5.26 Å². The van der Waals surface area contributed by atoms with E-state index in [-0.39, 0.29) is 82.7 Å². The van der Waals surface area contributed by atoms with Crippen LogP contribution in [0.2, 0.25) is 0 Å². The summed E-state index contributed by atoms with van der Waals surface area (Å²) in [6, 6.07) is 17.9. The summed E-state index contributed by atoms with van der Waals surface area (Å²) < 4.78 is 44.0. The molecule has 1 aliphatic rings. The van der Waals surface area contributed by atoms with Crippen LogP contribution in [0.3, 0.4) is 0 Å². The molecule has 0 heterocycles. The molecule has 1 saturated carbocycles. The maximum absolute atomic E-state index is 12.7. The van der Waals surface area contributed by atoms with E-state index in [2.05, 4.69) is 11.4 Å². The van der Waals surface area contributed by atoms with Crippen molar-refractivity contribution in [3.8, 4) is 17.6 Å². The van der Waals surface area contributed by atoms with E-state index in [1.807, 2.05) is 44.2 Å². The number of hydrogen-bond donors (Lipinski definition) is 1. The third-order valence-corrected chi connectivity index (χ3v) is 5.67. The van der Waals surface area contributed by atoms with E-state index in [0.717, 1.165) is 6.08 Å². The van der Waals surface area contributed by atoms with E-state index in [4.69, 9.17) is 16.3 Å². The maximum atomic E-state index is 12.7. The monoisotopic (exact) mass is 611 g/mol. The van der Waals surface area contributed by atoms with Gasteiger partial charge in [0.1, 0.15) is 16.5 Å². The van der Waals surface area contributed by atoms with Crippen molar-refractivity contribution in [2.75, 3.05) is 0 Å². The van der Waals surface area contributed by atoms with Crippen LogP contribution in [0.15, 0.2) is 65.7 Å². The van der Waals surface area contributed by atoms with Gasteiger partial charge in [-0.25, -0.2) is 0 Å². The molecule has 32 heavy (non-hydrogen) atoms. The molecule has 0 saturated heterocycles. The molecule has 1 aliphatic carbocycles. The van der Waals surface area contributed by atoms with Gasteiger partial charge in [-0.05, 0) is 35.7 Å². The third kappa shape index (κ3) is 7.62. The number of allylic oxidation sites excluding steroid dienone is 2. The second-order valence-corrected chi connectivity index (χ2v) is 8.18. The summed E-state index contributed by atoms with van der Waals surface area (Å²) in [5.74, 6) is 0.739. The van der Waals surface area contributed by atoms with Gasteiger partial charge >= 0.3 is 6.18 Å². The Hall–Kier alpha value is -0.282. The van der Waals surface area contributed by atoms with E-state index in [0.29, 0.717) is 17.1 Å². The molecule has 3 rings (SSSR count). The molecule has 1 N–H and O–H groups in total. The second-order valence-electron chi connectivity index (χ2n) is 7.77. The molecule has 0 spiro atoms. The zero-order chi connectivity index (χ0) is 21.9. The van der Waals surface area contributed by atoms with Gasteiger partial charge in [0.25, 0.3) is 0 Å². The number of alkyl halides is 3. The Morgan fingerprint density at radius 1 is 1.16 bits per heavy atom. The molecule has 9 heteroatoms. The standard InChI is InChI=1S/C23H21ClF3N2O.2Y/c1-22(2)18(12-21(24)23(25,26)27)19(22)14-29-20(13-28)15-7-6-10-17(11-15)30-16-8-4-3-5-9-16;;/h3-12,14,18-20,29H,1-2H3;;/q-1;;/b21-12-;;. The van der Waals surface area contributed by atoms with Crippen molar-refractivity contribution < 1.29 is 83.3 Å². The van der Waals surface area contributed by atoms with Crippen molar-refractivity contribution in [3.63, 3.8) is 0 Å². The summed E-state index contributed by atoms with van der Waals surface area (Å²) in [7, 11) is 0. The summed E-state index contributed by atoms with van der Waals surface area (Å²) in [5, 5.41) is 11.5. The summed E-state index contributed by atoms with van der Waals surface area (Å²) in [4.78, 5) is 0. The van der Waals surface area contributed by atoms with Crippen molar-refractivity contribution >= 4 is 11.6 Å². The number of benzene rings is 2. The summed E-state index contributed by atoms with van der Waals surface area (Å²) in [5.41, 5.74) is 0.317. The Labute approximate surface area is 241 Å². The Morgan fingerprint density at radius 2 is 1.78 bits per heavy atom. The average molecular weight is 612 g/mol. The molecule has 164 valence electrons. The van der Waals surface area contributed by atoms with E-state index in [1.54, 1.807) is 30.8 Å². The predicted molar refractivity (Wildman–Crippen MR) is 109 cm³/mol. The zero-order valence-electron chi connectivity index (χ0n) is 17.6. The number of hydrogen-bond acceptors (Lipinski definition) is 3. The number of nitrogens with one attached hydrogen (secondary N) is 1. The van der Waals surface area contributed by atoms with Crippen LogP contribution in [-0.4, -0.2) is 6.18 Å². The summed E-state index contributed by atoms with van der Waals surface area (Å²) in [6.07, 6.45) is -3.49. The number of nitrogens with zero attached hydrogens (tertiary/aromatic N) is 1. The van der Waals surface area contributed by atoms with Gasteiger partial charge in [0.05, 0.1) is 12.1 Å². The first-order valence-corrected chi connectivity index (χ1v) is 9.77. The molecular weight excluding hydrogens is 591 g/mol. The molecule has 1 fully saturated rings. The summed E-state index contributed by atoms with van der Waals surface area (Å²) in [6.45, 7) is 5.43. The van der Waals surface area contributed by atoms with Gasteiger partial charge in [-0.3, -0.25) is 6.54 Å². The van der Waals surface area contributed by atoms with Crippen molar-refractivity contribution in [3.05, 3.63) is 77.8 Å². The minimum atomic E-state index is -4.55. The first-order valence-electron chi connectivity index (χ1n) is 9.39. The van der Waals surface area contributed by atoms with E-state index >= 15 is 0 Å². The van der Waals surface area contributed by atoms with Gasteiger partial charge in [0.2, 0.25) is 0 Å². The Kier molecular flexibility index (Phi) is 11.6. The van der Waals surface area contributed by atoms with Crippen LogP contribution in [0.5, 0.6) is 11.5 Å². The Bertz CT molecular complexity index is 962. The number of halogens is 4. The van der Waals surface area contributed by atoms with E-state index in [1.165, 1.54) is 0 Å². The van der Waals surface area contributed by atoms with Crippen LogP contribution < -0.4 is 10.1 Å². The van der Waals surface area contributed by atoms with Gasteiger partial charge in [0, 0.05) is 65.4 Å². The van der Waals surface area contributed by atoms with Crippen molar-refractivity contribution in [2.45, 2.75) is 26.1 Å². The van der Waals surface area contributed by atoms with Crippen LogP contribution in [0.4, 0.5) is 13.2 Å². The topological polar surface area (TPSA) is 45.0 Å². The largest absolute Gasteiger partial charge is 0.457 e. The summed E-state index contributed by atoms with van der Waals surface area (Å²) >= 11 is 5.39.